The first-order chi connectivity index (χ1) is 10.9. The van der Waals surface area contributed by atoms with Gasteiger partial charge in [-0.15, -0.1) is 0 Å². The largest absolute Gasteiger partial charge is 0.449 e. The number of rotatable bonds is 5. The molecule has 0 atom stereocenters. The summed E-state index contributed by atoms with van der Waals surface area (Å²) in [4.78, 5) is 14.3. The fourth-order valence-corrected chi connectivity index (χ4v) is 2.20. The summed E-state index contributed by atoms with van der Waals surface area (Å²) in [5.74, 6) is -1.25. The molecule has 6 heteroatoms. The lowest BCUT2D eigenvalue weighted by Crippen LogP contribution is -2.15. The van der Waals surface area contributed by atoms with Crippen molar-refractivity contribution in [2.45, 2.75) is 0 Å². The first-order valence-electron chi connectivity index (χ1n) is 6.69. The second-order valence-corrected chi connectivity index (χ2v) is 5.79. The van der Waals surface area contributed by atoms with Gasteiger partial charge in [-0.05, 0) is 30.3 Å². The van der Waals surface area contributed by atoms with E-state index < -0.39 is 11.6 Å². The van der Waals surface area contributed by atoms with Crippen molar-refractivity contribution in [3.63, 3.8) is 0 Å². The maximum absolute atomic E-state index is 13.9. The maximum atomic E-state index is 13.9. The molecule has 0 aliphatic carbocycles. The first kappa shape index (κ1) is 17.3. The number of nitrogens with zero attached hydrogens (tertiary/aromatic N) is 1. The van der Waals surface area contributed by atoms with Crippen molar-refractivity contribution >= 4 is 29.0 Å². The van der Waals surface area contributed by atoms with Crippen molar-refractivity contribution < 1.29 is 13.9 Å². The quantitative estimate of drug-likeness (QED) is 0.439. The van der Waals surface area contributed by atoms with Gasteiger partial charge in [0.05, 0.1) is 5.02 Å². The monoisotopic (exact) mass is 353 g/mol. The molecular formula is C17H14Cl2FNO2. The third-order valence-corrected chi connectivity index (χ3v) is 3.40. The fraction of sp³-hybridized carbons (Fsp3) is 0.118. The standard InChI is InChI=1S/C17H14Cl2FNO2/c1-21(2)10-16(17(22)12-5-3-4-6-13(12)19)23-15-8-7-11(18)9-14(15)20/h3-10H,1-2H3/b16-10-. The van der Waals surface area contributed by atoms with E-state index in [0.717, 1.165) is 6.07 Å². The molecular weight excluding hydrogens is 340 g/mol. The molecule has 0 heterocycles. The minimum absolute atomic E-state index is 0.0516. The summed E-state index contributed by atoms with van der Waals surface area (Å²) < 4.78 is 19.4. The van der Waals surface area contributed by atoms with Gasteiger partial charge in [0.25, 0.3) is 0 Å². The Morgan fingerprint density at radius 3 is 2.48 bits per heavy atom. The van der Waals surface area contributed by atoms with Crippen LogP contribution < -0.4 is 4.74 Å². The molecule has 0 saturated carbocycles. The normalized spacial score (nSPS) is 11.3. The Morgan fingerprint density at radius 2 is 1.87 bits per heavy atom. The van der Waals surface area contributed by atoms with Crippen LogP contribution in [0.25, 0.3) is 0 Å². The minimum Gasteiger partial charge on any atom is -0.449 e. The van der Waals surface area contributed by atoms with E-state index in [9.17, 15) is 9.18 Å². The second kappa shape index (κ2) is 7.49. The number of hydrogen-bond donors (Lipinski definition) is 0. The molecule has 23 heavy (non-hydrogen) atoms. The summed E-state index contributed by atoms with van der Waals surface area (Å²) in [6.07, 6.45) is 1.46. The molecule has 0 aliphatic heterocycles. The van der Waals surface area contributed by atoms with Crippen LogP contribution in [0.4, 0.5) is 4.39 Å². The van der Waals surface area contributed by atoms with Crippen molar-refractivity contribution in [1.29, 1.82) is 0 Å². The Balaban J connectivity index is 2.38. The lowest BCUT2D eigenvalue weighted by atomic mass is 10.1. The zero-order valence-electron chi connectivity index (χ0n) is 12.5. The van der Waals surface area contributed by atoms with Crippen LogP contribution >= 0.6 is 23.2 Å². The van der Waals surface area contributed by atoms with Gasteiger partial charge in [-0.3, -0.25) is 4.79 Å². The highest BCUT2D eigenvalue weighted by Crippen LogP contribution is 2.25. The molecule has 0 aliphatic rings. The molecule has 0 unspecified atom stereocenters. The maximum Gasteiger partial charge on any atom is 0.231 e. The summed E-state index contributed by atoms with van der Waals surface area (Å²) in [6, 6.07) is 10.5. The van der Waals surface area contributed by atoms with Crippen LogP contribution in [0.1, 0.15) is 10.4 Å². The molecule has 3 nitrogen and oxygen atoms in total. The molecule has 0 spiro atoms. The summed E-state index contributed by atoms with van der Waals surface area (Å²) in [5.41, 5.74) is 0.275. The molecule has 120 valence electrons. The third kappa shape index (κ3) is 4.47. The van der Waals surface area contributed by atoms with Crippen LogP contribution in [0.5, 0.6) is 5.75 Å². The molecule has 2 aromatic rings. The average Bonchev–Trinajstić information content (AvgIpc) is 2.48. The average molecular weight is 354 g/mol. The number of carbonyl (C=O) groups excluding carboxylic acids is 1. The van der Waals surface area contributed by atoms with E-state index >= 15 is 0 Å². The third-order valence-electron chi connectivity index (χ3n) is 2.83. The van der Waals surface area contributed by atoms with E-state index in [1.165, 1.54) is 18.3 Å². The van der Waals surface area contributed by atoms with Gasteiger partial charge >= 0.3 is 0 Å². The number of ketones is 1. The summed E-state index contributed by atoms with van der Waals surface area (Å²) in [6.45, 7) is 0. The van der Waals surface area contributed by atoms with E-state index in [1.54, 1.807) is 43.3 Å². The number of carbonyl (C=O) groups is 1. The minimum atomic E-state index is -0.658. The highest BCUT2D eigenvalue weighted by atomic mass is 35.5. The number of Topliss-reactive ketones (excluding diaryl/α,β-unsaturated/α-hetero) is 1. The fourth-order valence-electron chi connectivity index (χ4n) is 1.82. The molecule has 2 aromatic carbocycles. The second-order valence-electron chi connectivity index (χ2n) is 4.94. The Labute approximate surface area is 143 Å². The zero-order chi connectivity index (χ0) is 17.0. The van der Waals surface area contributed by atoms with Crippen molar-refractivity contribution in [2.24, 2.45) is 0 Å². The number of benzene rings is 2. The molecule has 0 fully saturated rings. The van der Waals surface area contributed by atoms with E-state index in [4.69, 9.17) is 27.9 Å². The van der Waals surface area contributed by atoms with Gasteiger partial charge in [-0.25, -0.2) is 4.39 Å². The van der Waals surface area contributed by atoms with Gasteiger partial charge < -0.3 is 9.64 Å². The number of allylic oxidation sites excluding steroid dienone is 1. The van der Waals surface area contributed by atoms with Crippen LogP contribution in [0.15, 0.2) is 54.4 Å². The molecule has 0 N–H and O–H groups in total. The highest BCUT2D eigenvalue weighted by Gasteiger charge is 2.19. The van der Waals surface area contributed by atoms with Crippen molar-refractivity contribution in [3.05, 3.63) is 75.8 Å². The van der Waals surface area contributed by atoms with Crippen molar-refractivity contribution in [2.75, 3.05) is 14.1 Å². The van der Waals surface area contributed by atoms with Gasteiger partial charge in [0, 0.05) is 30.9 Å². The predicted molar refractivity (Wildman–Crippen MR) is 89.6 cm³/mol. The topological polar surface area (TPSA) is 29.5 Å². The Bertz CT molecular complexity index is 760. The smallest absolute Gasteiger partial charge is 0.231 e. The van der Waals surface area contributed by atoms with Gasteiger partial charge in [0.15, 0.2) is 17.3 Å². The van der Waals surface area contributed by atoms with Gasteiger partial charge in [0.2, 0.25) is 5.78 Å². The van der Waals surface area contributed by atoms with Gasteiger partial charge in [-0.2, -0.15) is 0 Å². The highest BCUT2D eigenvalue weighted by molar-refractivity contribution is 6.34. The summed E-state index contributed by atoms with van der Waals surface area (Å²) in [5, 5.41) is 0.535. The van der Waals surface area contributed by atoms with Crippen molar-refractivity contribution in [1.82, 2.24) is 4.90 Å². The van der Waals surface area contributed by atoms with Crippen LogP contribution in [0.3, 0.4) is 0 Å². The molecule has 0 bridgehead atoms. The lowest BCUT2D eigenvalue weighted by molar-refractivity contribution is 0.0981. The number of halogens is 3. The van der Waals surface area contributed by atoms with Crippen LogP contribution in [0, 0.1) is 5.82 Å². The molecule has 2 rings (SSSR count). The SMILES string of the molecule is CN(C)/C=C(\Oc1ccc(Cl)cc1F)C(=O)c1ccccc1Cl. The zero-order valence-corrected chi connectivity index (χ0v) is 14.0. The Hall–Kier alpha value is -2.04. The lowest BCUT2D eigenvalue weighted by Gasteiger charge is -2.14. The van der Waals surface area contributed by atoms with E-state index in [1.807, 2.05) is 0 Å². The Kier molecular flexibility index (Phi) is 5.64. The van der Waals surface area contributed by atoms with E-state index in [2.05, 4.69) is 0 Å². The van der Waals surface area contributed by atoms with E-state index in [0.29, 0.717) is 5.02 Å². The molecule has 0 radical (unpaired) electrons. The predicted octanol–water partition coefficient (Wildman–Crippen LogP) is 4.80. The molecule has 0 aromatic heterocycles. The van der Waals surface area contributed by atoms with Gasteiger partial charge in [-0.1, -0.05) is 35.3 Å². The van der Waals surface area contributed by atoms with E-state index in [-0.39, 0.29) is 22.1 Å². The van der Waals surface area contributed by atoms with Crippen LogP contribution in [-0.4, -0.2) is 24.8 Å². The summed E-state index contributed by atoms with van der Waals surface area (Å²) >= 11 is 11.8. The number of hydrogen-bond acceptors (Lipinski definition) is 3. The molecule has 0 amide bonds. The molecule has 0 saturated heterocycles. The first-order valence-corrected chi connectivity index (χ1v) is 7.44. The Morgan fingerprint density at radius 1 is 1.17 bits per heavy atom. The number of ether oxygens (including phenoxy) is 1. The van der Waals surface area contributed by atoms with Gasteiger partial charge in [0.1, 0.15) is 0 Å². The van der Waals surface area contributed by atoms with Crippen LogP contribution in [-0.2, 0) is 0 Å². The van der Waals surface area contributed by atoms with Crippen LogP contribution in [0.2, 0.25) is 10.0 Å². The summed E-state index contributed by atoms with van der Waals surface area (Å²) in [7, 11) is 3.45. The van der Waals surface area contributed by atoms with Crippen molar-refractivity contribution in [3.8, 4) is 5.75 Å².